The van der Waals surface area contributed by atoms with Crippen molar-refractivity contribution in [1.82, 2.24) is 0 Å². The van der Waals surface area contributed by atoms with Gasteiger partial charge < -0.3 is 15.0 Å². The molecule has 0 unspecified atom stereocenters. The second-order valence-electron chi connectivity index (χ2n) is 7.18. The molecule has 1 amide bonds. The van der Waals surface area contributed by atoms with Crippen molar-refractivity contribution in [2.24, 2.45) is 0 Å². The molecule has 6 heteroatoms. The van der Waals surface area contributed by atoms with Gasteiger partial charge in [-0.25, -0.2) is 0 Å². The number of carbonyl (C=O) groups excluding carboxylic acids is 2. The van der Waals surface area contributed by atoms with Crippen molar-refractivity contribution in [3.05, 3.63) is 88.4 Å². The molecule has 0 fully saturated rings. The number of amides is 1. The van der Waals surface area contributed by atoms with Crippen molar-refractivity contribution >= 4 is 39.0 Å². The maximum absolute atomic E-state index is 13.6. The number of carbonyl (C=O) groups is 2. The van der Waals surface area contributed by atoms with Crippen LogP contribution in [0.25, 0.3) is 0 Å². The Balaban J connectivity index is 1.72. The first kappa shape index (κ1) is 17.9. The summed E-state index contributed by atoms with van der Waals surface area (Å²) in [5.41, 5.74) is 1.34. The van der Waals surface area contributed by atoms with E-state index in [0.717, 1.165) is 15.7 Å². The lowest BCUT2D eigenvalue weighted by Crippen LogP contribution is -2.60. The Hall–Kier alpha value is -3.12. The van der Waals surface area contributed by atoms with E-state index in [4.69, 9.17) is 4.74 Å². The van der Waals surface area contributed by atoms with Crippen LogP contribution >= 0.6 is 15.9 Å². The number of ether oxygens (including phenoxy) is 1. The Morgan fingerprint density at radius 1 is 1.03 bits per heavy atom. The van der Waals surface area contributed by atoms with Crippen LogP contribution in [0.2, 0.25) is 0 Å². The summed E-state index contributed by atoms with van der Waals surface area (Å²) in [6, 6.07) is 22.0. The van der Waals surface area contributed by atoms with E-state index in [-0.39, 0.29) is 11.7 Å². The lowest BCUT2D eigenvalue weighted by molar-refractivity contribution is -0.124. The van der Waals surface area contributed by atoms with Crippen LogP contribution in [0.1, 0.15) is 15.9 Å². The Morgan fingerprint density at radius 2 is 1.72 bits per heavy atom. The molecule has 2 heterocycles. The van der Waals surface area contributed by atoms with Crippen LogP contribution < -0.4 is 15.0 Å². The van der Waals surface area contributed by atoms with Gasteiger partial charge in [0.15, 0.2) is 11.6 Å². The first-order valence-electron chi connectivity index (χ1n) is 9.23. The monoisotopic (exact) mass is 448 g/mol. The minimum absolute atomic E-state index is 0.219. The van der Waals surface area contributed by atoms with Gasteiger partial charge in [-0.15, -0.1) is 0 Å². The van der Waals surface area contributed by atoms with Crippen LogP contribution in [0.4, 0.5) is 11.4 Å². The number of likely N-dealkylation sites (N-methyl/N-ethyl adjacent to an activating group) is 1. The number of ketones is 1. The molecule has 2 atom stereocenters. The highest BCUT2D eigenvalue weighted by Crippen LogP contribution is 2.49. The van der Waals surface area contributed by atoms with E-state index >= 15 is 0 Å². The predicted molar refractivity (Wildman–Crippen MR) is 114 cm³/mol. The molecule has 0 radical (unpaired) electrons. The molecule has 2 aliphatic rings. The van der Waals surface area contributed by atoms with E-state index < -0.39 is 11.6 Å². The Morgan fingerprint density at radius 3 is 2.52 bits per heavy atom. The fourth-order valence-corrected chi connectivity index (χ4v) is 4.41. The zero-order valence-electron chi connectivity index (χ0n) is 15.6. The molecule has 1 spiro atoms. The molecule has 144 valence electrons. The van der Waals surface area contributed by atoms with E-state index in [0.29, 0.717) is 17.0 Å². The molecule has 0 aromatic heterocycles. The largest absolute Gasteiger partial charge is 0.477 e. The van der Waals surface area contributed by atoms with Gasteiger partial charge in [0.1, 0.15) is 5.75 Å². The standard InChI is InChI=1S/C23H17BrN2O3/c1-26-18-8-4-2-6-16(18)23(22(26)28)21(20(27)14-10-12-15(24)13-11-14)29-19-9-5-3-7-17(19)25-23/h2-13,21,25H,1H3/t21-,23+/m1/s1. The Kier molecular flexibility index (Phi) is 3.99. The second kappa shape index (κ2) is 6.46. The fraction of sp³-hybridized carbons (Fsp3) is 0.130. The van der Waals surface area contributed by atoms with E-state index in [1.807, 2.05) is 42.5 Å². The summed E-state index contributed by atoms with van der Waals surface area (Å²) < 4.78 is 7.09. The molecule has 1 N–H and O–H groups in total. The summed E-state index contributed by atoms with van der Waals surface area (Å²) in [5, 5.41) is 3.37. The van der Waals surface area contributed by atoms with Crippen LogP contribution in [-0.2, 0) is 10.3 Å². The zero-order chi connectivity index (χ0) is 20.2. The number of para-hydroxylation sites is 3. The molecule has 29 heavy (non-hydrogen) atoms. The minimum Gasteiger partial charge on any atom is -0.477 e. The molecule has 0 bridgehead atoms. The lowest BCUT2D eigenvalue weighted by Gasteiger charge is -2.41. The average molecular weight is 449 g/mol. The molecule has 3 aromatic rings. The fourth-order valence-electron chi connectivity index (χ4n) is 4.14. The van der Waals surface area contributed by atoms with Crippen LogP contribution in [0.5, 0.6) is 5.75 Å². The third-order valence-electron chi connectivity index (χ3n) is 5.56. The number of nitrogens with zero attached hydrogens (tertiary/aromatic N) is 1. The normalized spacial score (nSPS) is 21.9. The van der Waals surface area contributed by atoms with Crippen molar-refractivity contribution in [3.8, 4) is 5.75 Å². The molecule has 0 saturated carbocycles. The van der Waals surface area contributed by atoms with Crippen LogP contribution in [-0.4, -0.2) is 24.8 Å². The Labute approximate surface area is 176 Å². The maximum Gasteiger partial charge on any atom is 0.261 e. The lowest BCUT2D eigenvalue weighted by atomic mass is 9.80. The van der Waals surface area contributed by atoms with Gasteiger partial charge >= 0.3 is 0 Å². The third-order valence-corrected chi connectivity index (χ3v) is 6.08. The number of rotatable bonds is 2. The number of hydrogen-bond donors (Lipinski definition) is 1. The summed E-state index contributed by atoms with van der Waals surface area (Å²) in [7, 11) is 1.72. The molecule has 5 rings (SSSR count). The van der Waals surface area contributed by atoms with Crippen LogP contribution in [0, 0.1) is 0 Å². The van der Waals surface area contributed by atoms with Crippen molar-refractivity contribution in [2.45, 2.75) is 11.6 Å². The number of hydrogen-bond acceptors (Lipinski definition) is 4. The zero-order valence-corrected chi connectivity index (χ0v) is 17.1. The van der Waals surface area contributed by atoms with E-state index in [1.165, 1.54) is 0 Å². The van der Waals surface area contributed by atoms with Gasteiger partial charge in [0.25, 0.3) is 5.91 Å². The highest BCUT2D eigenvalue weighted by atomic mass is 79.9. The highest BCUT2D eigenvalue weighted by Gasteiger charge is 2.60. The van der Waals surface area contributed by atoms with E-state index in [9.17, 15) is 9.59 Å². The van der Waals surface area contributed by atoms with Crippen molar-refractivity contribution in [2.75, 3.05) is 17.3 Å². The number of anilines is 2. The van der Waals surface area contributed by atoms with Gasteiger partial charge in [-0.2, -0.15) is 0 Å². The molecular weight excluding hydrogens is 432 g/mol. The van der Waals surface area contributed by atoms with Crippen LogP contribution in [0.15, 0.2) is 77.3 Å². The number of halogens is 1. The molecule has 5 nitrogen and oxygen atoms in total. The van der Waals surface area contributed by atoms with Crippen molar-refractivity contribution in [3.63, 3.8) is 0 Å². The number of Topliss-reactive ketones (excluding diaryl/α,β-unsaturated/α-hetero) is 1. The molecule has 0 aliphatic carbocycles. The quantitative estimate of drug-likeness (QED) is 0.591. The van der Waals surface area contributed by atoms with Crippen molar-refractivity contribution < 1.29 is 14.3 Å². The van der Waals surface area contributed by atoms with E-state index in [1.54, 1.807) is 42.3 Å². The van der Waals surface area contributed by atoms with Crippen molar-refractivity contribution in [1.29, 1.82) is 0 Å². The van der Waals surface area contributed by atoms with Gasteiger partial charge in [-0.1, -0.05) is 58.4 Å². The summed E-state index contributed by atoms with van der Waals surface area (Å²) in [5.74, 6) is 0.0787. The molecule has 0 saturated heterocycles. The predicted octanol–water partition coefficient (Wildman–Crippen LogP) is 4.38. The second-order valence-corrected chi connectivity index (χ2v) is 8.10. The highest BCUT2D eigenvalue weighted by molar-refractivity contribution is 9.10. The van der Waals surface area contributed by atoms with Gasteiger partial charge in [-0.05, 0) is 30.3 Å². The first-order chi connectivity index (χ1) is 14.0. The third kappa shape index (κ3) is 2.52. The number of fused-ring (bicyclic) bond motifs is 3. The molecular formula is C23H17BrN2O3. The average Bonchev–Trinajstić information content (AvgIpc) is 2.96. The van der Waals surface area contributed by atoms with Gasteiger partial charge in [0, 0.05) is 28.3 Å². The van der Waals surface area contributed by atoms with E-state index in [2.05, 4.69) is 21.2 Å². The van der Waals surface area contributed by atoms with Crippen LogP contribution in [0.3, 0.4) is 0 Å². The molecule has 2 aliphatic heterocycles. The first-order valence-corrected chi connectivity index (χ1v) is 10.0. The van der Waals surface area contributed by atoms with Gasteiger partial charge in [0.05, 0.1) is 5.69 Å². The topological polar surface area (TPSA) is 58.6 Å². The summed E-state index contributed by atoms with van der Waals surface area (Å²) >= 11 is 3.39. The smallest absolute Gasteiger partial charge is 0.261 e. The minimum atomic E-state index is -1.33. The summed E-state index contributed by atoms with van der Waals surface area (Å²) in [6.45, 7) is 0. The van der Waals surface area contributed by atoms with Gasteiger partial charge in [-0.3, -0.25) is 9.59 Å². The summed E-state index contributed by atoms with van der Waals surface area (Å²) in [4.78, 5) is 28.8. The maximum atomic E-state index is 13.6. The SMILES string of the molecule is CN1C(=O)[C@]2(Nc3ccccc3O[C@@H]2C(=O)c2ccc(Br)cc2)c2ccccc21. The molecule has 3 aromatic carbocycles. The number of benzene rings is 3. The summed E-state index contributed by atoms with van der Waals surface area (Å²) in [6.07, 6.45) is -1.04. The Bertz CT molecular complexity index is 1140. The number of nitrogens with one attached hydrogen (secondary N) is 1. The van der Waals surface area contributed by atoms with Gasteiger partial charge in [0.2, 0.25) is 5.78 Å².